The SMILES string of the molecule is COc1ccc(C(=O)NC(C)C2CC3CCC2C3)c(O)c1. The quantitative estimate of drug-likeness (QED) is 0.896. The van der Waals surface area contributed by atoms with Gasteiger partial charge < -0.3 is 15.2 Å². The summed E-state index contributed by atoms with van der Waals surface area (Å²) in [6, 6.07) is 4.93. The first-order chi connectivity index (χ1) is 10.1. The Balaban J connectivity index is 1.66. The smallest absolute Gasteiger partial charge is 0.255 e. The average molecular weight is 289 g/mol. The third-order valence-corrected chi connectivity index (χ3v) is 5.24. The minimum absolute atomic E-state index is 0.0352. The molecule has 114 valence electrons. The molecule has 0 heterocycles. The largest absolute Gasteiger partial charge is 0.507 e. The van der Waals surface area contributed by atoms with Crippen LogP contribution in [0.15, 0.2) is 18.2 Å². The van der Waals surface area contributed by atoms with Crippen molar-refractivity contribution >= 4 is 5.91 Å². The summed E-state index contributed by atoms with van der Waals surface area (Å²) in [5.41, 5.74) is 0.311. The Morgan fingerprint density at radius 1 is 1.38 bits per heavy atom. The van der Waals surface area contributed by atoms with E-state index in [-0.39, 0.29) is 17.7 Å². The lowest BCUT2D eigenvalue weighted by Crippen LogP contribution is -2.40. The molecular formula is C17H23NO3. The van der Waals surface area contributed by atoms with E-state index in [2.05, 4.69) is 12.2 Å². The number of hydrogen-bond donors (Lipinski definition) is 2. The fourth-order valence-electron chi connectivity index (χ4n) is 4.13. The zero-order valence-electron chi connectivity index (χ0n) is 12.6. The Hall–Kier alpha value is -1.71. The molecule has 0 spiro atoms. The molecule has 2 saturated carbocycles. The van der Waals surface area contributed by atoms with Crippen molar-refractivity contribution < 1.29 is 14.6 Å². The molecule has 4 atom stereocenters. The van der Waals surface area contributed by atoms with Gasteiger partial charge in [0.2, 0.25) is 0 Å². The molecule has 4 unspecified atom stereocenters. The van der Waals surface area contributed by atoms with Gasteiger partial charge in [0.15, 0.2) is 0 Å². The van der Waals surface area contributed by atoms with Gasteiger partial charge in [0.1, 0.15) is 11.5 Å². The van der Waals surface area contributed by atoms with Crippen LogP contribution in [0.3, 0.4) is 0 Å². The van der Waals surface area contributed by atoms with E-state index in [9.17, 15) is 9.90 Å². The van der Waals surface area contributed by atoms with Crippen LogP contribution in [0, 0.1) is 17.8 Å². The van der Waals surface area contributed by atoms with Crippen molar-refractivity contribution in [1.82, 2.24) is 5.32 Å². The Morgan fingerprint density at radius 2 is 2.19 bits per heavy atom. The number of amides is 1. The van der Waals surface area contributed by atoms with Gasteiger partial charge in [-0.25, -0.2) is 0 Å². The number of hydrogen-bond acceptors (Lipinski definition) is 3. The molecule has 1 amide bonds. The second kappa shape index (κ2) is 5.58. The number of aromatic hydroxyl groups is 1. The molecule has 2 aliphatic rings. The van der Waals surface area contributed by atoms with Gasteiger partial charge in [0, 0.05) is 12.1 Å². The highest BCUT2D eigenvalue weighted by molar-refractivity contribution is 5.97. The van der Waals surface area contributed by atoms with Gasteiger partial charge in [-0.05, 0) is 56.1 Å². The van der Waals surface area contributed by atoms with Crippen LogP contribution in [0.1, 0.15) is 43.0 Å². The van der Waals surface area contributed by atoms with E-state index in [0.29, 0.717) is 17.2 Å². The van der Waals surface area contributed by atoms with Crippen molar-refractivity contribution in [3.05, 3.63) is 23.8 Å². The van der Waals surface area contributed by atoms with Crippen LogP contribution >= 0.6 is 0 Å². The number of carbonyl (C=O) groups is 1. The van der Waals surface area contributed by atoms with Gasteiger partial charge in [0.25, 0.3) is 5.91 Å². The van der Waals surface area contributed by atoms with E-state index in [1.54, 1.807) is 12.1 Å². The van der Waals surface area contributed by atoms with Crippen LogP contribution in [0.4, 0.5) is 0 Å². The number of methoxy groups -OCH3 is 1. The van der Waals surface area contributed by atoms with Crippen molar-refractivity contribution in [1.29, 1.82) is 0 Å². The summed E-state index contributed by atoms with van der Waals surface area (Å²) in [4.78, 5) is 12.3. The van der Waals surface area contributed by atoms with E-state index in [1.165, 1.54) is 38.9 Å². The highest BCUT2D eigenvalue weighted by atomic mass is 16.5. The van der Waals surface area contributed by atoms with E-state index >= 15 is 0 Å². The van der Waals surface area contributed by atoms with E-state index in [0.717, 1.165) is 11.8 Å². The van der Waals surface area contributed by atoms with E-state index in [4.69, 9.17) is 4.74 Å². The monoisotopic (exact) mass is 289 g/mol. The highest BCUT2D eigenvalue weighted by Crippen LogP contribution is 2.49. The number of rotatable bonds is 4. The van der Waals surface area contributed by atoms with Gasteiger partial charge >= 0.3 is 0 Å². The average Bonchev–Trinajstić information content (AvgIpc) is 3.09. The number of fused-ring (bicyclic) bond motifs is 2. The molecule has 2 N–H and O–H groups in total. The molecule has 1 aromatic carbocycles. The Bertz CT molecular complexity index is 543. The maximum absolute atomic E-state index is 12.3. The Morgan fingerprint density at radius 3 is 2.76 bits per heavy atom. The van der Waals surface area contributed by atoms with Crippen LogP contribution < -0.4 is 10.1 Å². The summed E-state index contributed by atoms with van der Waals surface area (Å²) in [5.74, 6) is 2.54. The summed E-state index contributed by atoms with van der Waals surface area (Å²) in [5, 5.41) is 13.0. The molecule has 0 radical (unpaired) electrons. The molecule has 2 fully saturated rings. The van der Waals surface area contributed by atoms with Crippen LogP contribution in [0.25, 0.3) is 0 Å². The topological polar surface area (TPSA) is 58.6 Å². The molecular weight excluding hydrogens is 266 g/mol. The van der Waals surface area contributed by atoms with Crippen molar-refractivity contribution in [3.63, 3.8) is 0 Å². The van der Waals surface area contributed by atoms with E-state index < -0.39 is 0 Å². The molecule has 0 saturated heterocycles. The van der Waals surface area contributed by atoms with Crippen molar-refractivity contribution in [2.24, 2.45) is 17.8 Å². The molecule has 2 aliphatic carbocycles. The lowest BCUT2D eigenvalue weighted by atomic mass is 9.84. The minimum Gasteiger partial charge on any atom is -0.507 e. The summed E-state index contributed by atoms with van der Waals surface area (Å²) < 4.78 is 5.03. The third-order valence-electron chi connectivity index (χ3n) is 5.24. The van der Waals surface area contributed by atoms with Crippen LogP contribution in [-0.2, 0) is 0 Å². The molecule has 3 rings (SSSR count). The predicted molar refractivity (Wildman–Crippen MR) is 80.5 cm³/mol. The fraction of sp³-hybridized carbons (Fsp3) is 0.588. The molecule has 4 heteroatoms. The minimum atomic E-state index is -0.203. The van der Waals surface area contributed by atoms with Gasteiger partial charge in [0.05, 0.1) is 12.7 Å². The first kappa shape index (κ1) is 14.2. The van der Waals surface area contributed by atoms with Gasteiger partial charge in [-0.1, -0.05) is 6.42 Å². The molecule has 1 aromatic rings. The van der Waals surface area contributed by atoms with Crippen molar-refractivity contribution in [2.45, 2.75) is 38.6 Å². The van der Waals surface area contributed by atoms with E-state index in [1.807, 2.05) is 0 Å². The molecule has 4 nitrogen and oxygen atoms in total. The summed E-state index contributed by atoms with van der Waals surface area (Å²) in [7, 11) is 1.53. The maximum atomic E-state index is 12.3. The second-order valence-electron chi connectivity index (χ2n) is 6.48. The molecule has 2 bridgehead atoms. The zero-order valence-corrected chi connectivity index (χ0v) is 12.6. The van der Waals surface area contributed by atoms with Gasteiger partial charge in [-0.2, -0.15) is 0 Å². The molecule has 21 heavy (non-hydrogen) atoms. The maximum Gasteiger partial charge on any atom is 0.255 e. The number of benzene rings is 1. The molecule has 0 aromatic heterocycles. The van der Waals surface area contributed by atoms with Crippen molar-refractivity contribution in [2.75, 3.05) is 7.11 Å². The number of phenolic OH excluding ortho intramolecular Hbond substituents is 1. The van der Waals surface area contributed by atoms with Crippen LogP contribution in [-0.4, -0.2) is 24.2 Å². The summed E-state index contributed by atoms with van der Waals surface area (Å²) >= 11 is 0. The first-order valence-electron chi connectivity index (χ1n) is 7.76. The van der Waals surface area contributed by atoms with Gasteiger partial charge in [-0.15, -0.1) is 0 Å². The highest BCUT2D eigenvalue weighted by Gasteiger charge is 2.42. The number of nitrogens with one attached hydrogen (secondary N) is 1. The summed E-state index contributed by atoms with van der Waals surface area (Å²) in [6.45, 7) is 2.09. The molecule has 0 aliphatic heterocycles. The normalized spacial score (nSPS) is 28.4. The first-order valence-corrected chi connectivity index (χ1v) is 7.76. The lowest BCUT2D eigenvalue weighted by Gasteiger charge is -2.28. The Labute approximate surface area is 125 Å². The van der Waals surface area contributed by atoms with Gasteiger partial charge in [-0.3, -0.25) is 4.79 Å². The number of phenols is 1. The van der Waals surface area contributed by atoms with Crippen LogP contribution in [0.5, 0.6) is 11.5 Å². The fourth-order valence-corrected chi connectivity index (χ4v) is 4.13. The third kappa shape index (κ3) is 2.71. The zero-order chi connectivity index (χ0) is 15.0. The number of ether oxygens (including phenoxy) is 1. The summed E-state index contributed by atoms with van der Waals surface area (Å²) in [6.07, 6.45) is 5.24. The second-order valence-corrected chi connectivity index (χ2v) is 6.48. The predicted octanol–water partition coefficient (Wildman–Crippen LogP) is 2.96. The lowest BCUT2D eigenvalue weighted by molar-refractivity contribution is 0.0912. The van der Waals surface area contributed by atoms with Crippen LogP contribution in [0.2, 0.25) is 0 Å². The number of carbonyl (C=O) groups excluding carboxylic acids is 1. The Kier molecular flexibility index (Phi) is 3.79. The standard InChI is InChI=1S/C17H23NO3/c1-10(15-8-11-3-4-12(15)7-11)18-17(20)14-6-5-13(21-2)9-16(14)19/h5-6,9-12,15,19H,3-4,7-8H2,1-2H3,(H,18,20). The van der Waals surface area contributed by atoms with Crippen molar-refractivity contribution in [3.8, 4) is 11.5 Å².